The molecule has 2 N–H and O–H groups in total. The first-order valence-electron chi connectivity index (χ1n) is 9.54. The Bertz CT molecular complexity index is 1140. The average molecular weight is 437 g/mol. The highest BCUT2D eigenvalue weighted by Gasteiger charge is 2.16. The Labute approximate surface area is 182 Å². The van der Waals surface area contributed by atoms with Gasteiger partial charge in [-0.25, -0.2) is 9.37 Å². The Hall–Kier alpha value is -3.52. The smallest absolute Gasteiger partial charge is 0.230 e. The molecule has 0 spiro atoms. The number of nitrogens with zero attached hydrogens (tertiary/aromatic N) is 1. The number of H-pyrrole nitrogens is 1. The Morgan fingerprint density at radius 1 is 1.13 bits per heavy atom. The molecule has 0 aliphatic rings. The van der Waals surface area contributed by atoms with E-state index in [0.29, 0.717) is 23.2 Å². The minimum absolute atomic E-state index is 0.131. The molecule has 0 unspecified atom stereocenters. The van der Waals surface area contributed by atoms with E-state index in [0.717, 1.165) is 22.6 Å². The highest BCUT2D eigenvalue weighted by atomic mass is 32.2. The van der Waals surface area contributed by atoms with Crippen LogP contribution in [-0.2, 0) is 11.3 Å². The van der Waals surface area contributed by atoms with E-state index in [1.165, 1.54) is 23.9 Å². The summed E-state index contributed by atoms with van der Waals surface area (Å²) in [6, 6.07) is 17.2. The molecule has 0 aliphatic heterocycles. The van der Waals surface area contributed by atoms with Gasteiger partial charge in [0.05, 0.1) is 31.4 Å². The molecule has 8 heteroatoms. The number of carbonyl (C=O) groups is 1. The van der Waals surface area contributed by atoms with Gasteiger partial charge in [-0.15, -0.1) is 0 Å². The number of carbonyl (C=O) groups excluding carboxylic acids is 1. The number of halogens is 1. The van der Waals surface area contributed by atoms with Crippen LogP contribution in [0, 0.1) is 5.82 Å². The van der Waals surface area contributed by atoms with Gasteiger partial charge in [0, 0.05) is 11.1 Å². The first kappa shape index (κ1) is 20.7. The van der Waals surface area contributed by atoms with Crippen LogP contribution in [0.25, 0.3) is 22.6 Å². The van der Waals surface area contributed by atoms with Crippen LogP contribution in [0.15, 0.2) is 76.4 Å². The Morgan fingerprint density at radius 3 is 2.55 bits per heavy atom. The van der Waals surface area contributed by atoms with E-state index in [1.807, 2.05) is 24.3 Å². The third-order valence-electron chi connectivity index (χ3n) is 4.55. The van der Waals surface area contributed by atoms with Crippen molar-refractivity contribution in [2.75, 3.05) is 12.9 Å². The normalized spacial score (nSPS) is 10.8. The minimum Gasteiger partial charge on any atom is -0.497 e. The summed E-state index contributed by atoms with van der Waals surface area (Å²) >= 11 is 1.33. The second kappa shape index (κ2) is 9.53. The van der Waals surface area contributed by atoms with Crippen molar-refractivity contribution in [2.45, 2.75) is 11.6 Å². The number of amides is 1. The fourth-order valence-corrected chi connectivity index (χ4v) is 3.78. The maximum absolute atomic E-state index is 13.3. The van der Waals surface area contributed by atoms with Crippen LogP contribution in [0.4, 0.5) is 4.39 Å². The third kappa shape index (κ3) is 5.16. The van der Waals surface area contributed by atoms with E-state index in [1.54, 1.807) is 37.6 Å². The summed E-state index contributed by atoms with van der Waals surface area (Å²) in [6.07, 6.45) is 1.57. The van der Waals surface area contributed by atoms with Crippen molar-refractivity contribution in [3.63, 3.8) is 0 Å². The van der Waals surface area contributed by atoms with Crippen molar-refractivity contribution in [1.82, 2.24) is 15.3 Å². The lowest BCUT2D eigenvalue weighted by atomic mass is 10.1. The standard InChI is InChI=1S/C23H20FN3O3S/c1-29-18-10-6-15(7-11-18)21-23(27-22(26-21)16-4-8-17(24)9-5-16)31-14-20(28)25-13-19-3-2-12-30-19/h2-12H,13-14H2,1H3,(H,25,28)(H,26,27). The van der Waals surface area contributed by atoms with Crippen LogP contribution in [-0.4, -0.2) is 28.7 Å². The van der Waals surface area contributed by atoms with Gasteiger partial charge in [-0.3, -0.25) is 4.79 Å². The van der Waals surface area contributed by atoms with E-state index in [4.69, 9.17) is 9.15 Å². The Morgan fingerprint density at radius 2 is 1.87 bits per heavy atom. The number of aromatic nitrogens is 2. The van der Waals surface area contributed by atoms with Gasteiger partial charge >= 0.3 is 0 Å². The first-order valence-corrected chi connectivity index (χ1v) is 10.5. The summed E-state index contributed by atoms with van der Waals surface area (Å²) in [6.45, 7) is 0.332. The molecule has 0 saturated heterocycles. The molecular formula is C23H20FN3O3S. The number of furan rings is 1. The summed E-state index contributed by atoms with van der Waals surface area (Å²) in [7, 11) is 1.61. The lowest BCUT2D eigenvalue weighted by molar-refractivity contribution is -0.118. The second-order valence-corrected chi connectivity index (χ2v) is 7.61. The molecule has 2 heterocycles. The monoisotopic (exact) mass is 437 g/mol. The van der Waals surface area contributed by atoms with Crippen molar-refractivity contribution >= 4 is 17.7 Å². The third-order valence-corrected chi connectivity index (χ3v) is 5.52. The van der Waals surface area contributed by atoms with Gasteiger partial charge in [-0.2, -0.15) is 0 Å². The van der Waals surface area contributed by atoms with Crippen molar-refractivity contribution in [2.24, 2.45) is 0 Å². The molecule has 0 bridgehead atoms. The maximum Gasteiger partial charge on any atom is 0.230 e. The van der Waals surface area contributed by atoms with E-state index in [9.17, 15) is 9.18 Å². The van der Waals surface area contributed by atoms with E-state index in [-0.39, 0.29) is 17.5 Å². The van der Waals surface area contributed by atoms with Crippen LogP contribution in [0.2, 0.25) is 0 Å². The summed E-state index contributed by atoms with van der Waals surface area (Å²) < 4.78 is 23.8. The fourth-order valence-electron chi connectivity index (χ4n) is 2.94. The zero-order chi connectivity index (χ0) is 21.6. The van der Waals surface area contributed by atoms with Crippen LogP contribution in [0.3, 0.4) is 0 Å². The minimum atomic E-state index is -0.312. The number of imidazole rings is 1. The van der Waals surface area contributed by atoms with Gasteiger partial charge in [0.2, 0.25) is 5.91 Å². The molecule has 31 heavy (non-hydrogen) atoms. The highest BCUT2D eigenvalue weighted by molar-refractivity contribution is 8.00. The molecule has 158 valence electrons. The van der Waals surface area contributed by atoms with Crippen LogP contribution in [0.5, 0.6) is 5.75 Å². The number of nitrogens with one attached hydrogen (secondary N) is 2. The number of aromatic amines is 1. The van der Waals surface area contributed by atoms with Gasteiger partial charge < -0.3 is 19.5 Å². The molecule has 0 radical (unpaired) electrons. The number of ether oxygens (including phenoxy) is 1. The van der Waals surface area contributed by atoms with Crippen LogP contribution in [0.1, 0.15) is 5.76 Å². The molecule has 6 nitrogen and oxygen atoms in total. The SMILES string of the molecule is COc1ccc(-c2[nH]c(-c3ccc(F)cc3)nc2SCC(=O)NCc2ccco2)cc1. The molecule has 0 fully saturated rings. The predicted octanol–water partition coefficient (Wildman–Crippen LogP) is 4.89. The number of methoxy groups -OCH3 is 1. The molecule has 2 aromatic heterocycles. The Balaban J connectivity index is 1.54. The second-order valence-electron chi connectivity index (χ2n) is 6.65. The largest absolute Gasteiger partial charge is 0.497 e. The summed E-state index contributed by atoms with van der Waals surface area (Å²) in [5.74, 6) is 1.79. The lowest BCUT2D eigenvalue weighted by Gasteiger charge is -2.05. The van der Waals surface area contributed by atoms with Crippen LogP contribution < -0.4 is 10.1 Å². The molecule has 4 aromatic rings. The zero-order valence-electron chi connectivity index (χ0n) is 16.7. The topological polar surface area (TPSA) is 80.1 Å². The molecular weight excluding hydrogens is 417 g/mol. The average Bonchev–Trinajstić information content (AvgIpc) is 3.47. The number of benzene rings is 2. The van der Waals surface area contributed by atoms with Gasteiger partial charge in [0.15, 0.2) is 0 Å². The predicted molar refractivity (Wildman–Crippen MR) is 117 cm³/mol. The zero-order valence-corrected chi connectivity index (χ0v) is 17.5. The molecule has 0 aliphatic carbocycles. The van der Waals surface area contributed by atoms with Crippen LogP contribution >= 0.6 is 11.8 Å². The molecule has 0 atom stereocenters. The number of hydrogen-bond donors (Lipinski definition) is 2. The number of rotatable bonds is 8. The molecule has 4 rings (SSSR count). The number of hydrogen-bond acceptors (Lipinski definition) is 5. The molecule has 1 amide bonds. The fraction of sp³-hybridized carbons (Fsp3) is 0.130. The summed E-state index contributed by atoms with van der Waals surface area (Å²) in [4.78, 5) is 20.3. The van der Waals surface area contributed by atoms with Gasteiger partial charge in [0.25, 0.3) is 0 Å². The van der Waals surface area contributed by atoms with Crippen molar-refractivity contribution in [3.8, 4) is 28.4 Å². The van der Waals surface area contributed by atoms with Gasteiger partial charge in [-0.05, 0) is 60.7 Å². The lowest BCUT2D eigenvalue weighted by Crippen LogP contribution is -2.24. The van der Waals surface area contributed by atoms with Crippen molar-refractivity contribution < 1.29 is 18.3 Å². The van der Waals surface area contributed by atoms with Crippen molar-refractivity contribution in [1.29, 1.82) is 0 Å². The van der Waals surface area contributed by atoms with Gasteiger partial charge in [0.1, 0.15) is 28.2 Å². The van der Waals surface area contributed by atoms with E-state index >= 15 is 0 Å². The quantitative estimate of drug-likeness (QED) is 0.384. The van der Waals surface area contributed by atoms with Crippen molar-refractivity contribution in [3.05, 3.63) is 78.5 Å². The highest BCUT2D eigenvalue weighted by Crippen LogP contribution is 2.33. The van der Waals surface area contributed by atoms with Gasteiger partial charge in [-0.1, -0.05) is 11.8 Å². The first-order chi connectivity index (χ1) is 15.1. The summed E-state index contributed by atoms with van der Waals surface area (Å²) in [5, 5.41) is 3.50. The maximum atomic E-state index is 13.3. The Kier molecular flexibility index (Phi) is 6.37. The van der Waals surface area contributed by atoms with E-state index < -0.39 is 0 Å². The molecule has 2 aromatic carbocycles. The van der Waals surface area contributed by atoms with E-state index in [2.05, 4.69) is 15.3 Å². The number of thioether (sulfide) groups is 1. The molecule has 0 saturated carbocycles. The summed E-state index contributed by atoms with van der Waals surface area (Å²) in [5.41, 5.74) is 2.44.